The van der Waals surface area contributed by atoms with E-state index in [0.29, 0.717) is 11.1 Å². The van der Waals surface area contributed by atoms with Crippen LogP contribution in [0.2, 0.25) is 0 Å². The molecule has 0 spiro atoms. The van der Waals surface area contributed by atoms with Crippen molar-refractivity contribution in [1.29, 1.82) is 5.26 Å². The molecule has 14 heavy (non-hydrogen) atoms. The molecule has 0 saturated heterocycles. The molecule has 5 nitrogen and oxygen atoms in total. The van der Waals surface area contributed by atoms with Gasteiger partial charge in [0.2, 0.25) is 0 Å². The zero-order chi connectivity index (χ0) is 10.3. The molecule has 1 aromatic rings. The lowest BCUT2D eigenvalue weighted by atomic mass is 10.1. The third-order valence-corrected chi connectivity index (χ3v) is 3.23. The summed E-state index contributed by atoms with van der Waals surface area (Å²) in [6.45, 7) is 0. The summed E-state index contributed by atoms with van der Waals surface area (Å²) >= 11 is 0. The van der Waals surface area contributed by atoms with E-state index in [2.05, 4.69) is 4.40 Å². The van der Waals surface area contributed by atoms with Crippen LogP contribution in [-0.2, 0) is 10.0 Å². The van der Waals surface area contributed by atoms with Crippen LogP contribution in [0, 0.1) is 11.3 Å². The molecular weight excluding hydrogens is 202 g/mol. The van der Waals surface area contributed by atoms with Crippen LogP contribution in [0.3, 0.4) is 0 Å². The van der Waals surface area contributed by atoms with Gasteiger partial charge in [0.05, 0.1) is 11.6 Å². The van der Waals surface area contributed by atoms with Gasteiger partial charge in [-0.1, -0.05) is 0 Å². The first-order chi connectivity index (χ1) is 6.54. The zero-order valence-electron chi connectivity index (χ0n) is 6.93. The maximum atomic E-state index is 11.3. The molecule has 0 amide bonds. The number of sulfonamides is 1. The predicted octanol–water partition coefficient (Wildman–Crippen LogP) is -0.0341. The first-order valence-corrected chi connectivity index (χ1v) is 5.13. The van der Waals surface area contributed by atoms with Crippen molar-refractivity contribution in [2.45, 2.75) is 4.90 Å². The number of nitrogens with zero attached hydrogens (tertiary/aromatic N) is 2. The fourth-order valence-electron chi connectivity index (χ4n) is 1.25. The van der Waals surface area contributed by atoms with Gasteiger partial charge >= 0.3 is 0 Å². The predicted molar refractivity (Wildman–Crippen MR) is 49.1 cm³/mol. The molecule has 0 aliphatic carbocycles. The van der Waals surface area contributed by atoms with Gasteiger partial charge in [0.15, 0.2) is 0 Å². The smallest absolute Gasteiger partial charge is 0.285 e. The number of benzene rings is 1. The minimum absolute atomic E-state index is 0.0582. The molecule has 1 aliphatic heterocycles. The van der Waals surface area contributed by atoms with Gasteiger partial charge in [-0.2, -0.15) is 13.7 Å². The van der Waals surface area contributed by atoms with Crippen molar-refractivity contribution < 1.29 is 8.42 Å². The number of amidine groups is 1. The van der Waals surface area contributed by atoms with Gasteiger partial charge in [0.1, 0.15) is 10.7 Å². The maximum absolute atomic E-state index is 11.3. The summed E-state index contributed by atoms with van der Waals surface area (Å²) in [5.74, 6) is -0.0582. The van der Waals surface area contributed by atoms with E-state index < -0.39 is 10.0 Å². The molecule has 2 rings (SSSR count). The largest absolute Gasteiger partial charge is 0.382 e. The number of hydrogen-bond acceptors (Lipinski definition) is 4. The number of nitrogens with two attached hydrogens (primary N) is 1. The summed E-state index contributed by atoms with van der Waals surface area (Å²) in [5, 5.41) is 8.61. The highest BCUT2D eigenvalue weighted by molar-refractivity contribution is 7.90. The van der Waals surface area contributed by atoms with E-state index in [-0.39, 0.29) is 10.7 Å². The SMILES string of the molecule is N#Cc1ccc2c(c1)C(N)=NS2(=O)=O. The van der Waals surface area contributed by atoms with Crippen molar-refractivity contribution in [2.24, 2.45) is 10.1 Å². The number of rotatable bonds is 0. The van der Waals surface area contributed by atoms with Crippen LogP contribution in [-0.4, -0.2) is 14.3 Å². The minimum atomic E-state index is -3.63. The Hall–Kier alpha value is -1.87. The van der Waals surface area contributed by atoms with Crippen molar-refractivity contribution in [2.75, 3.05) is 0 Å². The average Bonchev–Trinajstić information content (AvgIpc) is 2.37. The Morgan fingerprint density at radius 2 is 2.14 bits per heavy atom. The zero-order valence-corrected chi connectivity index (χ0v) is 7.75. The molecule has 2 N–H and O–H groups in total. The molecule has 1 aliphatic rings. The number of fused-ring (bicyclic) bond motifs is 1. The third-order valence-electron chi connectivity index (χ3n) is 1.88. The Kier molecular flexibility index (Phi) is 1.59. The van der Waals surface area contributed by atoms with E-state index in [1.54, 1.807) is 0 Å². The Bertz CT molecular complexity index is 581. The van der Waals surface area contributed by atoms with Crippen molar-refractivity contribution in [3.63, 3.8) is 0 Å². The first-order valence-electron chi connectivity index (χ1n) is 3.69. The van der Waals surface area contributed by atoms with Crippen molar-refractivity contribution >= 4 is 15.9 Å². The molecule has 0 aromatic heterocycles. The highest BCUT2D eigenvalue weighted by atomic mass is 32.2. The van der Waals surface area contributed by atoms with Crippen LogP contribution < -0.4 is 5.73 Å². The second kappa shape index (κ2) is 2.56. The summed E-state index contributed by atoms with van der Waals surface area (Å²) in [6.07, 6.45) is 0. The van der Waals surface area contributed by atoms with Crippen LogP contribution in [0.4, 0.5) is 0 Å². The second-order valence-corrected chi connectivity index (χ2v) is 4.35. The average molecular weight is 207 g/mol. The Labute approximate surface area is 80.5 Å². The summed E-state index contributed by atoms with van der Waals surface area (Å²) in [5.41, 5.74) is 6.08. The lowest BCUT2D eigenvalue weighted by Crippen LogP contribution is -2.10. The van der Waals surface area contributed by atoms with Crippen LogP contribution >= 0.6 is 0 Å². The number of nitriles is 1. The van der Waals surface area contributed by atoms with Crippen molar-refractivity contribution in [3.05, 3.63) is 29.3 Å². The lowest BCUT2D eigenvalue weighted by Gasteiger charge is -1.96. The molecule has 0 bridgehead atoms. The highest BCUT2D eigenvalue weighted by Crippen LogP contribution is 2.25. The van der Waals surface area contributed by atoms with E-state index in [0.717, 1.165) is 0 Å². The summed E-state index contributed by atoms with van der Waals surface area (Å²) < 4.78 is 25.9. The van der Waals surface area contributed by atoms with Gasteiger partial charge in [-0.05, 0) is 18.2 Å². The van der Waals surface area contributed by atoms with Crippen LogP contribution in [0.15, 0.2) is 27.5 Å². The van der Waals surface area contributed by atoms with Crippen molar-refractivity contribution in [1.82, 2.24) is 0 Å². The van der Waals surface area contributed by atoms with E-state index in [4.69, 9.17) is 11.0 Å². The van der Waals surface area contributed by atoms with Crippen LogP contribution in [0.5, 0.6) is 0 Å². The fraction of sp³-hybridized carbons (Fsp3) is 0. The minimum Gasteiger partial charge on any atom is -0.382 e. The lowest BCUT2D eigenvalue weighted by molar-refractivity contribution is 0.599. The van der Waals surface area contributed by atoms with Crippen LogP contribution in [0.1, 0.15) is 11.1 Å². The molecule has 6 heteroatoms. The van der Waals surface area contributed by atoms with Gasteiger partial charge < -0.3 is 5.73 Å². The van der Waals surface area contributed by atoms with Gasteiger partial charge in [-0.15, -0.1) is 4.40 Å². The summed E-state index contributed by atoms with van der Waals surface area (Å²) in [7, 11) is -3.63. The van der Waals surface area contributed by atoms with E-state index in [1.165, 1.54) is 18.2 Å². The highest BCUT2D eigenvalue weighted by Gasteiger charge is 2.27. The van der Waals surface area contributed by atoms with Gasteiger partial charge in [-0.3, -0.25) is 0 Å². The number of hydrogen-bond donors (Lipinski definition) is 1. The Morgan fingerprint density at radius 3 is 2.79 bits per heavy atom. The molecule has 1 heterocycles. The van der Waals surface area contributed by atoms with Crippen LogP contribution in [0.25, 0.3) is 0 Å². The first kappa shape index (κ1) is 8.72. The molecule has 1 aromatic carbocycles. The van der Waals surface area contributed by atoms with Gasteiger partial charge in [0, 0.05) is 5.56 Å². The quantitative estimate of drug-likeness (QED) is 0.645. The topological polar surface area (TPSA) is 96.3 Å². The Balaban J connectivity index is 2.79. The summed E-state index contributed by atoms with van der Waals surface area (Å²) in [6, 6.07) is 6.08. The second-order valence-electron chi connectivity index (χ2n) is 2.77. The third kappa shape index (κ3) is 1.07. The summed E-state index contributed by atoms with van der Waals surface area (Å²) in [4.78, 5) is 0.0639. The molecule has 70 valence electrons. The van der Waals surface area contributed by atoms with E-state index >= 15 is 0 Å². The van der Waals surface area contributed by atoms with Gasteiger partial charge in [-0.25, -0.2) is 0 Å². The Morgan fingerprint density at radius 1 is 1.43 bits per heavy atom. The maximum Gasteiger partial charge on any atom is 0.285 e. The van der Waals surface area contributed by atoms with Crippen molar-refractivity contribution in [3.8, 4) is 6.07 Å². The normalized spacial score (nSPS) is 16.9. The molecule has 0 unspecified atom stereocenters. The molecular formula is C8H5N3O2S. The van der Waals surface area contributed by atoms with Gasteiger partial charge in [0.25, 0.3) is 10.0 Å². The monoisotopic (exact) mass is 207 g/mol. The standard InChI is InChI=1S/C8H5N3O2S/c9-4-5-1-2-7-6(3-5)8(10)11-14(7,12)13/h1-3H,(H2,10,11). The molecule has 0 radical (unpaired) electrons. The molecule has 0 atom stereocenters. The molecule has 0 fully saturated rings. The molecule has 0 saturated carbocycles. The van der Waals surface area contributed by atoms with E-state index in [9.17, 15) is 8.42 Å². The fourth-order valence-corrected chi connectivity index (χ4v) is 2.39. The van der Waals surface area contributed by atoms with E-state index in [1.807, 2.05) is 6.07 Å².